The van der Waals surface area contributed by atoms with Crippen molar-refractivity contribution >= 4 is 5.69 Å². The van der Waals surface area contributed by atoms with E-state index in [9.17, 15) is 10.1 Å². The van der Waals surface area contributed by atoms with Crippen LogP contribution < -0.4 is 14.8 Å². The minimum atomic E-state index is -0.420. The van der Waals surface area contributed by atoms with Crippen molar-refractivity contribution < 1.29 is 14.4 Å². The minimum Gasteiger partial charge on any atom is -0.496 e. The Morgan fingerprint density at radius 3 is 2.48 bits per heavy atom. The van der Waals surface area contributed by atoms with Gasteiger partial charge in [0, 0.05) is 17.6 Å². The fourth-order valence-corrected chi connectivity index (χ4v) is 4.17. The van der Waals surface area contributed by atoms with Crippen molar-refractivity contribution in [2.45, 2.75) is 44.2 Å². The Morgan fingerprint density at radius 2 is 1.84 bits per heavy atom. The molecule has 0 aromatic heterocycles. The molecule has 0 radical (unpaired) electrons. The second-order valence-electron chi connectivity index (χ2n) is 6.75. The van der Waals surface area contributed by atoms with Gasteiger partial charge in [-0.2, -0.15) is 0 Å². The number of piperidine rings is 2. The Kier molecular flexibility index (Phi) is 5.75. The van der Waals surface area contributed by atoms with Gasteiger partial charge in [0.15, 0.2) is 5.75 Å². The summed E-state index contributed by atoms with van der Waals surface area (Å²) in [6.45, 7) is 3.17. The van der Waals surface area contributed by atoms with Crippen LogP contribution in [-0.2, 0) is 0 Å². The zero-order valence-electron chi connectivity index (χ0n) is 15.0. The summed E-state index contributed by atoms with van der Waals surface area (Å²) in [5.41, 5.74) is 0.954. The van der Waals surface area contributed by atoms with Crippen LogP contribution in [-0.4, -0.2) is 49.7 Å². The molecule has 2 saturated heterocycles. The van der Waals surface area contributed by atoms with E-state index in [4.69, 9.17) is 9.47 Å². The van der Waals surface area contributed by atoms with Gasteiger partial charge in [0.1, 0.15) is 5.75 Å². The molecule has 1 unspecified atom stereocenters. The predicted octanol–water partition coefficient (Wildman–Crippen LogP) is 2.89. The minimum absolute atomic E-state index is 0.0488. The van der Waals surface area contributed by atoms with E-state index in [1.807, 2.05) is 0 Å². The molecule has 7 heteroatoms. The van der Waals surface area contributed by atoms with Crippen LogP contribution in [0.3, 0.4) is 0 Å². The highest BCUT2D eigenvalue weighted by molar-refractivity contribution is 5.56. The smallest absolute Gasteiger partial charge is 0.314 e. The van der Waals surface area contributed by atoms with Gasteiger partial charge in [-0.05, 0) is 51.4 Å². The third-order valence-corrected chi connectivity index (χ3v) is 5.41. The fraction of sp³-hybridized carbons (Fsp3) is 0.667. The molecule has 7 nitrogen and oxygen atoms in total. The average Bonchev–Trinajstić information content (AvgIpc) is 2.67. The fourth-order valence-electron chi connectivity index (χ4n) is 4.17. The first kappa shape index (κ1) is 17.9. The van der Waals surface area contributed by atoms with Gasteiger partial charge in [-0.1, -0.05) is 6.42 Å². The second kappa shape index (κ2) is 8.01. The standard InChI is InChI=1S/C18H27N3O4/c1-24-17-12-16(21(22)23)18(25-2)11-14(17)15-5-3-4-10-20(15)13-6-8-19-9-7-13/h11-13,15,19H,3-10H2,1-2H3. The maximum atomic E-state index is 11.3. The van der Waals surface area contributed by atoms with Crippen LogP contribution in [0.5, 0.6) is 11.5 Å². The molecular weight excluding hydrogens is 322 g/mol. The number of nitrogens with zero attached hydrogens (tertiary/aromatic N) is 2. The lowest BCUT2D eigenvalue weighted by molar-refractivity contribution is -0.385. The zero-order chi connectivity index (χ0) is 17.8. The Morgan fingerprint density at radius 1 is 1.12 bits per heavy atom. The van der Waals surface area contributed by atoms with Crippen molar-refractivity contribution in [2.24, 2.45) is 0 Å². The van der Waals surface area contributed by atoms with Crippen LogP contribution in [0.1, 0.15) is 43.7 Å². The summed E-state index contributed by atoms with van der Waals surface area (Å²) in [6, 6.07) is 4.09. The first-order valence-electron chi connectivity index (χ1n) is 9.02. The van der Waals surface area contributed by atoms with Crippen LogP contribution in [0.2, 0.25) is 0 Å². The summed E-state index contributed by atoms with van der Waals surface area (Å²) in [5, 5.41) is 14.7. The van der Waals surface area contributed by atoms with Crippen molar-refractivity contribution in [1.82, 2.24) is 10.2 Å². The molecular formula is C18H27N3O4. The van der Waals surface area contributed by atoms with Crippen LogP contribution >= 0.6 is 0 Å². The van der Waals surface area contributed by atoms with Crippen molar-refractivity contribution in [2.75, 3.05) is 33.9 Å². The van der Waals surface area contributed by atoms with E-state index in [0.717, 1.165) is 50.9 Å². The van der Waals surface area contributed by atoms with Gasteiger partial charge in [0.25, 0.3) is 0 Å². The van der Waals surface area contributed by atoms with Crippen molar-refractivity contribution in [3.05, 3.63) is 27.8 Å². The molecule has 25 heavy (non-hydrogen) atoms. The normalized spacial score (nSPS) is 22.6. The van der Waals surface area contributed by atoms with Crippen LogP contribution in [0.25, 0.3) is 0 Å². The highest BCUT2D eigenvalue weighted by atomic mass is 16.6. The molecule has 0 spiro atoms. The number of hydrogen-bond donors (Lipinski definition) is 1. The summed E-state index contributed by atoms with van der Waals surface area (Å²) < 4.78 is 10.8. The molecule has 1 aromatic carbocycles. The molecule has 0 bridgehead atoms. The molecule has 1 atom stereocenters. The molecule has 3 rings (SSSR count). The second-order valence-corrected chi connectivity index (χ2v) is 6.75. The summed E-state index contributed by atoms with van der Waals surface area (Å²) in [7, 11) is 3.05. The van der Waals surface area contributed by atoms with Crippen molar-refractivity contribution in [1.29, 1.82) is 0 Å². The first-order chi connectivity index (χ1) is 12.2. The van der Waals surface area contributed by atoms with Crippen LogP contribution in [0.15, 0.2) is 12.1 Å². The molecule has 2 aliphatic rings. The molecule has 2 aliphatic heterocycles. The SMILES string of the molecule is COc1cc([N+](=O)[O-])c(OC)cc1C1CCCCN1C1CCNCC1. The number of nitro groups is 1. The molecule has 0 aliphatic carbocycles. The highest BCUT2D eigenvalue weighted by Crippen LogP contribution is 2.43. The summed E-state index contributed by atoms with van der Waals surface area (Å²) in [4.78, 5) is 13.5. The van der Waals surface area contributed by atoms with E-state index in [0.29, 0.717) is 17.5 Å². The topological polar surface area (TPSA) is 76.9 Å². The number of nitro benzene ring substituents is 1. The maximum Gasteiger partial charge on any atom is 0.314 e. The van der Waals surface area contributed by atoms with E-state index >= 15 is 0 Å². The number of likely N-dealkylation sites (tertiary alicyclic amines) is 1. The summed E-state index contributed by atoms with van der Waals surface area (Å²) in [5.74, 6) is 0.884. The number of ether oxygens (including phenoxy) is 2. The number of nitrogens with one attached hydrogen (secondary N) is 1. The van der Waals surface area contributed by atoms with Crippen molar-refractivity contribution in [3.8, 4) is 11.5 Å². The van der Waals surface area contributed by atoms with E-state index in [1.54, 1.807) is 13.2 Å². The number of methoxy groups -OCH3 is 2. The van der Waals surface area contributed by atoms with E-state index < -0.39 is 4.92 Å². The van der Waals surface area contributed by atoms with Crippen LogP contribution in [0, 0.1) is 10.1 Å². The summed E-state index contributed by atoms with van der Waals surface area (Å²) >= 11 is 0. The Bertz CT molecular complexity index is 617. The van der Waals surface area contributed by atoms with E-state index in [2.05, 4.69) is 10.2 Å². The van der Waals surface area contributed by atoms with Gasteiger partial charge < -0.3 is 14.8 Å². The molecule has 2 heterocycles. The predicted molar refractivity (Wildman–Crippen MR) is 95.4 cm³/mol. The third-order valence-electron chi connectivity index (χ3n) is 5.41. The lowest BCUT2D eigenvalue weighted by Crippen LogP contribution is -2.46. The highest BCUT2D eigenvalue weighted by Gasteiger charge is 2.34. The lowest BCUT2D eigenvalue weighted by Gasteiger charge is -2.43. The Labute approximate surface area is 148 Å². The number of hydrogen-bond acceptors (Lipinski definition) is 6. The Balaban J connectivity index is 1.97. The molecule has 1 N–H and O–H groups in total. The van der Waals surface area contributed by atoms with Gasteiger partial charge in [-0.25, -0.2) is 0 Å². The molecule has 138 valence electrons. The molecule has 2 fully saturated rings. The van der Waals surface area contributed by atoms with Gasteiger partial charge >= 0.3 is 5.69 Å². The van der Waals surface area contributed by atoms with Crippen LogP contribution in [0.4, 0.5) is 5.69 Å². The van der Waals surface area contributed by atoms with Crippen molar-refractivity contribution in [3.63, 3.8) is 0 Å². The van der Waals surface area contributed by atoms with Gasteiger partial charge in [0.2, 0.25) is 0 Å². The van der Waals surface area contributed by atoms with Gasteiger partial charge in [0.05, 0.1) is 25.2 Å². The molecule has 0 amide bonds. The number of benzene rings is 1. The van der Waals surface area contributed by atoms with Gasteiger partial charge in [-0.15, -0.1) is 0 Å². The van der Waals surface area contributed by atoms with E-state index in [1.165, 1.54) is 19.6 Å². The Hall–Kier alpha value is -1.86. The summed E-state index contributed by atoms with van der Waals surface area (Å²) in [6.07, 6.45) is 5.69. The van der Waals surface area contributed by atoms with Gasteiger partial charge in [-0.3, -0.25) is 15.0 Å². The largest absolute Gasteiger partial charge is 0.496 e. The first-order valence-corrected chi connectivity index (χ1v) is 9.02. The molecule has 0 saturated carbocycles. The quantitative estimate of drug-likeness (QED) is 0.651. The average molecular weight is 349 g/mol. The zero-order valence-corrected chi connectivity index (χ0v) is 15.0. The maximum absolute atomic E-state index is 11.3. The third kappa shape index (κ3) is 3.72. The van der Waals surface area contributed by atoms with E-state index in [-0.39, 0.29) is 11.7 Å². The molecule has 1 aromatic rings. The lowest BCUT2D eigenvalue weighted by atomic mass is 9.90. The monoisotopic (exact) mass is 349 g/mol. The number of rotatable bonds is 5.